The predicted octanol–water partition coefficient (Wildman–Crippen LogP) is 3.12. The van der Waals surface area contributed by atoms with E-state index in [1.807, 2.05) is 12.1 Å². The van der Waals surface area contributed by atoms with E-state index in [0.717, 1.165) is 10.8 Å². The Bertz CT molecular complexity index is 1190. The van der Waals surface area contributed by atoms with Gasteiger partial charge in [-0.05, 0) is 47.2 Å². The Hall–Kier alpha value is -3.10. The van der Waals surface area contributed by atoms with E-state index in [1.54, 1.807) is 54.5 Å². The number of para-hydroxylation sites is 1. The van der Waals surface area contributed by atoms with Crippen LogP contribution in [0.2, 0.25) is 0 Å². The summed E-state index contributed by atoms with van der Waals surface area (Å²) in [6.45, 7) is 1.91. The first-order valence-corrected chi connectivity index (χ1v) is 11.0. The van der Waals surface area contributed by atoms with E-state index in [4.69, 9.17) is 9.47 Å². The van der Waals surface area contributed by atoms with Crippen LogP contribution in [0, 0.1) is 0 Å². The summed E-state index contributed by atoms with van der Waals surface area (Å²) >= 11 is 0. The van der Waals surface area contributed by atoms with E-state index >= 15 is 0 Å². The molecule has 1 amide bonds. The number of carbonyl (C=O) groups excluding carboxylic acids is 1. The van der Waals surface area contributed by atoms with E-state index in [0.29, 0.717) is 37.6 Å². The van der Waals surface area contributed by atoms with Crippen molar-refractivity contribution in [1.82, 2.24) is 4.90 Å². The second-order valence-electron chi connectivity index (χ2n) is 6.93. The molecule has 3 aromatic rings. The van der Waals surface area contributed by atoms with Gasteiger partial charge in [0, 0.05) is 13.1 Å². The van der Waals surface area contributed by atoms with Crippen molar-refractivity contribution in [3.05, 3.63) is 66.2 Å². The quantitative estimate of drug-likeness (QED) is 0.678. The first-order chi connectivity index (χ1) is 14.5. The molecule has 156 valence electrons. The molecule has 30 heavy (non-hydrogen) atoms. The minimum Gasteiger partial charge on any atom is -0.497 e. The fourth-order valence-electron chi connectivity index (χ4n) is 3.40. The molecule has 1 heterocycles. The number of benzene rings is 3. The molecule has 1 aliphatic rings. The monoisotopic (exact) mass is 426 g/mol. The maximum Gasteiger partial charge on any atom is 0.261 e. The Morgan fingerprint density at radius 2 is 1.70 bits per heavy atom. The van der Waals surface area contributed by atoms with Crippen LogP contribution in [0.15, 0.2) is 65.6 Å². The molecule has 1 fully saturated rings. The van der Waals surface area contributed by atoms with E-state index in [2.05, 4.69) is 4.72 Å². The summed E-state index contributed by atoms with van der Waals surface area (Å²) < 4.78 is 39.2. The number of nitrogens with zero attached hydrogens (tertiary/aromatic N) is 1. The number of carbonyl (C=O) groups is 1. The molecule has 8 heteroatoms. The lowest BCUT2D eigenvalue weighted by atomic mass is 10.1. The van der Waals surface area contributed by atoms with Crippen LogP contribution in [0.5, 0.6) is 5.75 Å². The summed E-state index contributed by atoms with van der Waals surface area (Å²) in [5.41, 5.74) is 0.567. The molecule has 0 spiro atoms. The Kier molecular flexibility index (Phi) is 5.61. The number of anilines is 1. The maximum absolute atomic E-state index is 13.0. The molecule has 3 aromatic carbocycles. The van der Waals surface area contributed by atoms with Gasteiger partial charge in [-0.3, -0.25) is 9.52 Å². The third kappa shape index (κ3) is 4.10. The largest absolute Gasteiger partial charge is 0.497 e. The third-order valence-corrected chi connectivity index (χ3v) is 6.39. The van der Waals surface area contributed by atoms with Crippen LogP contribution in [-0.4, -0.2) is 52.6 Å². The van der Waals surface area contributed by atoms with Gasteiger partial charge >= 0.3 is 0 Å². The van der Waals surface area contributed by atoms with Gasteiger partial charge < -0.3 is 14.4 Å². The highest BCUT2D eigenvalue weighted by Crippen LogP contribution is 2.26. The molecule has 1 aliphatic heterocycles. The highest BCUT2D eigenvalue weighted by molar-refractivity contribution is 7.92. The summed E-state index contributed by atoms with van der Waals surface area (Å²) in [7, 11) is -2.30. The zero-order valence-electron chi connectivity index (χ0n) is 16.5. The van der Waals surface area contributed by atoms with Crippen LogP contribution in [0.25, 0.3) is 10.8 Å². The van der Waals surface area contributed by atoms with Gasteiger partial charge in [0.1, 0.15) is 5.75 Å². The van der Waals surface area contributed by atoms with Crippen molar-refractivity contribution in [3.8, 4) is 5.75 Å². The van der Waals surface area contributed by atoms with Crippen LogP contribution in [-0.2, 0) is 14.8 Å². The number of methoxy groups -OCH3 is 1. The number of sulfonamides is 1. The standard InChI is InChI=1S/C22H22N2O5S/c1-28-18-8-6-17-15-19(9-7-16(17)14-18)30(26,27)23-21-5-3-2-4-20(21)22(25)24-10-12-29-13-11-24/h2-9,14-15,23H,10-13H2,1H3. The molecule has 7 nitrogen and oxygen atoms in total. The second kappa shape index (κ2) is 8.33. The normalized spacial score (nSPS) is 14.5. The van der Waals surface area contributed by atoms with Gasteiger partial charge in [0.15, 0.2) is 0 Å². The highest BCUT2D eigenvalue weighted by atomic mass is 32.2. The van der Waals surface area contributed by atoms with Crippen molar-refractivity contribution < 1.29 is 22.7 Å². The Morgan fingerprint density at radius 3 is 2.47 bits per heavy atom. The van der Waals surface area contributed by atoms with Gasteiger partial charge in [0.2, 0.25) is 0 Å². The summed E-state index contributed by atoms with van der Waals surface area (Å²) in [6, 6.07) is 16.9. The molecular weight excluding hydrogens is 404 g/mol. The second-order valence-corrected chi connectivity index (χ2v) is 8.61. The maximum atomic E-state index is 13.0. The minimum atomic E-state index is -3.88. The van der Waals surface area contributed by atoms with Crippen molar-refractivity contribution in [2.24, 2.45) is 0 Å². The van der Waals surface area contributed by atoms with Crippen LogP contribution in [0.3, 0.4) is 0 Å². The molecule has 0 saturated carbocycles. The number of hydrogen-bond acceptors (Lipinski definition) is 5. The van der Waals surface area contributed by atoms with Gasteiger partial charge in [0.05, 0.1) is 36.5 Å². The lowest BCUT2D eigenvalue weighted by Crippen LogP contribution is -2.41. The number of nitrogens with one attached hydrogen (secondary N) is 1. The van der Waals surface area contributed by atoms with Gasteiger partial charge in [0.25, 0.3) is 15.9 Å². The Balaban J connectivity index is 1.64. The van der Waals surface area contributed by atoms with Crippen molar-refractivity contribution in [2.75, 3.05) is 38.1 Å². The fraction of sp³-hybridized carbons (Fsp3) is 0.227. The van der Waals surface area contributed by atoms with E-state index in [-0.39, 0.29) is 16.5 Å². The summed E-state index contributed by atoms with van der Waals surface area (Å²) in [5.74, 6) is 0.481. The minimum absolute atomic E-state index is 0.119. The highest BCUT2D eigenvalue weighted by Gasteiger charge is 2.23. The van der Waals surface area contributed by atoms with Gasteiger partial charge in [-0.2, -0.15) is 0 Å². The zero-order chi connectivity index (χ0) is 21.1. The van der Waals surface area contributed by atoms with Crippen molar-refractivity contribution >= 4 is 32.4 Å². The lowest BCUT2D eigenvalue weighted by molar-refractivity contribution is 0.0303. The van der Waals surface area contributed by atoms with Crippen molar-refractivity contribution in [2.45, 2.75) is 4.90 Å². The van der Waals surface area contributed by atoms with E-state index < -0.39 is 10.0 Å². The number of morpholine rings is 1. The number of hydrogen-bond donors (Lipinski definition) is 1. The molecule has 0 aromatic heterocycles. The Labute approximate surface area is 175 Å². The summed E-state index contributed by atoms with van der Waals surface area (Å²) in [5, 5.41) is 1.65. The Morgan fingerprint density at radius 1 is 1.00 bits per heavy atom. The average Bonchev–Trinajstić information content (AvgIpc) is 2.78. The smallest absolute Gasteiger partial charge is 0.261 e. The molecule has 0 atom stereocenters. The van der Waals surface area contributed by atoms with Crippen molar-refractivity contribution in [3.63, 3.8) is 0 Å². The molecule has 4 rings (SSSR count). The molecule has 0 radical (unpaired) electrons. The first kappa shape index (κ1) is 20.2. The third-order valence-electron chi connectivity index (χ3n) is 5.03. The van der Waals surface area contributed by atoms with Gasteiger partial charge in [-0.1, -0.05) is 24.3 Å². The molecule has 0 bridgehead atoms. The summed E-state index contributed by atoms with van der Waals surface area (Å²) in [4.78, 5) is 14.7. The zero-order valence-corrected chi connectivity index (χ0v) is 17.3. The van der Waals surface area contributed by atoms with Gasteiger partial charge in [-0.15, -0.1) is 0 Å². The van der Waals surface area contributed by atoms with Crippen LogP contribution in [0.1, 0.15) is 10.4 Å². The number of ether oxygens (including phenoxy) is 2. The van der Waals surface area contributed by atoms with E-state index in [9.17, 15) is 13.2 Å². The van der Waals surface area contributed by atoms with Crippen LogP contribution < -0.4 is 9.46 Å². The van der Waals surface area contributed by atoms with Crippen molar-refractivity contribution in [1.29, 1.82) is 0 Å². The molecule has 0 unspecified atom stereocenters. The summed E-state index contributed by atoms with van der Waals surface area (Å²) in [6.07, 6.45) is 0. The average molecular weight is 426 g/mol. The SMILES string of the molecule is COc1ccc2cc(S(=O)(=O)Nc3ccccc3C(=O)N3CCOCC3)ccc2c1. The molecule has 1 saturated heterocycles. The molecule has 1 N–H and O–H groups in total. The van der Waals surface area contributed by atoms with E-state index in [1.165, 1.54) is 6.07 Å². The topological polar surface area (TPSA) is 84.9 Å². The number of amides is 1. The molecule has 0 aliphatic carbocycles. The predicted molar refractivity (Wildman–Crippen MR) is 114 cm³/mol. The lowest BCUT2D eigenvalue weighted by Gasteiger charge is -2.27. The van der Waals surface area contributed by atoms with Crippen LogP contribution in [0.4, 0.5) is 5.69 Å². The van der Waals surface area contributed by atoms with Crippen LogP contribution >= 0.6 is 0 Å². The number of rotatable bonds is 5. The van der Waals surface area contributed by atoms with Gasteiger partial charge in [-0.25, -0.2) is 8.42 Å². The first-order valence-electron chi connectivity index (χ1n) is 9.54. The number of fused-ring (bicyclic) bond motifs is 1. The molecular formula is C22H22N2O5S. The fourth-order valence-corrected chi connectivity index (χ4v) is 4.51.